The lowest BCUT2D eigenvalue weighted by Crippen LogP contribution is -2.09. The molecule has 86 valence electrons. The molecule has 1 aromatic rings. The maximum Gasteiger partial charge on any atom is 0.303 e. The minimum atomic E-state index is -0.843. The summed E-state index contributed by atoms with van der Waals surface area (Å²) in [6.45, 7) is 0. The van der Waals surface area contributed by atoms with E-state index in [1.807, 2.05) is 0 Å². The minimum absolute atomic E-state index is 0.0494. The van der Waals surface area contributed by atoms with Crippen LogP contribution in [0.5, 0.6) is 5.88 Å². The lowest BCUT2D eigenvalue weighted by atomic mass is 9.91. The molecule has 1 heterocycles. The van der Waals surface area contributed by atoms with Gasteiger partial charge in [0, 0.05) is 12.3 Å². The average Bonchev–Trinajstić information content (AvgIpc) is 3.02. The number of hydrogen-bond acceptors (Lipinski definition) is 3. The van der Waals surface area contributed by atoms with E-state index in [0.717, 1.165) is 12.8 Å². The van der Waals surface area contributed by atoms with E-state index in [0.29, 0.717) is 16.5 Å². The van der Waals surface area contributed by atoms with Gasteiger partial charge < -0.3 is 10.2 Å². The van der Waals surface area contributed by atoms with Crippen LogP contribution in [0.1, 0.15) is 30.7 Å². The highest BCUT2D eigenvalue weighted by molar-refractivity contribution is 6.31. The van der Waals surface area contributed by atoms with Gasteiger partial charge in [0.05, 0.1) is 11.4 Å². The van der Waals surface area contributed by atoms with Gasteiger partial charge in [-0.05, 0) is 30.2 Å². The molecule has 5 heteroatoms. The van der Waals surface area contributed by atoms with Gasteiger partial charge in [-0.25, -0.2) is 4.98 Å². The second kappa shape index (κ2) is 4.29. The number of nitrogens with zero attached hydrogens (tertiary/aromatic N) is 1. The van der Waals surface area contributed by atoms with Crippen molar-refractivity contribution in [3.8, 4) is 5.88 Å². The number of aromatic nitrogens is 1. The van der Waals surface area contributed by atoms with Gasteiger partial charge in [0.15, 0.2) is 0 Å². The van der Waals surface area contributed by atoms with Gasteiger partial charge in [-0.3, -0.25) is 4.79 Å². The lowest BCUT2D eigenvalue weighted by molar-refractivity contribution is -0.137. The number of rotatable bonds is 4. The summed E-state index contributed by atoms with van der Waals surface area (Å²) >= 11 is 5.98. The Hall–Kier alpha value is -1.29. The zero-order valence-electron chi connectivity index (χ0n) is 8.56. The average molecular weight is 242 g/mol. The zero-order valence-corrected chi connectivity index (χ0v) is 9.31. The third-order valence-corrected chi connectivity index (χ3v) is 3.17. The molecule has 1 aliphatic rings. The van der Waals surface area contributed by atoms with Crippen molar-refractivity contribution in [1.29, 1.82) is 0 Å². The Balaban J connectivity index is 2.30. The SMILES string of the molecule is O=C(O)CC(c1cc(O)ncc1Cl)C1CC1. The first-order valence-electron chi connectivity index (χ1n) is 5.14. The van der Waals surface area contributed by atoms with E-state index in [-0.39, 0.29) is 18.2 Å². The van der Waals surface area contributed by atoms with Gasteiger partial charge >= 0.3 is 5.97 Å². The van der Waals surface area contributed by atoms with E-state index in [9.17, 15) is 9.90 Å². The van der Waals surface area contributed by atoms with Gasteiger partial charge in [-0.15, -0.1) is 0 Å². The van der Waals surface area contributed by atoms with Gasteiger partial charge in [-0.2, -0.15) is 0 Å². The van der Waals surface area contributed by atoms with Crippen LogP contribution in [0.4, 0.5) is 0 Å². The van der Waals surface area contributed by atoms with Crippen molar-refractivity contribution in [2.45, 2.75) is 25.2 Å². The Morgan fingerprint density at radius 1 is 1.62 bits per heavy atom. The molecular weight excluding hydrogens is 230 g/mol. The molecule has 2 N–H and O–H groups in total. The molecule has 1 unspecified atom stereocenters. The van der Waals surface area contributed by atoms with Crippen molar-refractivity contribution in [3.05, 3.63) is 22.8 Å². The predicted octanol–water partition coefficient (Wildman–Crippen LogP) is 2.41. The fraction of sp³-hybridized carbons (Fsp3) is 0.455. The first kappa shape index (κ1) is 11.2. The Morgan fingerprint density at radius 3 is 2.88 bits per heavy atom. The van der Waals surface area contributed by atoms with E-state index in [2.05, 4.69) is 4.98 Å². The molecule has 0 bridgehead atoms. The van der Waals surface area contributed by atoms with Crippen molar-refractivity contribution in [3.63, 3.8) is 0 Å². The smallest absolute Gasteiger partial charge is 0.303 e. The molecule has 0 radical (unpaired) electrons. The molecule has 0 spiro atoms. The molecule has 0 amide bonds. The topological polar surface area (TPSA) is 70.4 Å². The van der Waals surface area contributed by atoms with E-state index in [1.165, 1.54) is 12.3 Å². The minimum Gasteiger partial charge on any atom is -0.493 e. The van der Waals surface area contributed by atoms with Crippen LogP contribution in [0.2, 0.25) is 5.02 Å². The molecule has 16 heavy (non-hydrogen) atoms. The first-order valence-corrected chi connectivity index (χ1v) is 5.52. The fourth-order valence-corrected chi connectivity index (χ4v) is 2.19. The van der Waals surface area contributed by atoms with Crippen LogP contribution in [0.3, 0.4) is 0 Å². The monoisotopic (exact) mass is 241 g/mol. The zero-order chi connectivity index (χ0) is 11.7. The van der Waals surface area contributed by atoms with Crippen LogP contribution < -0.4 is 0 Å². The lowest BCUT2D eigenvalue weighted by Gasteiger charge is -2.15. The van der Waals surface area contributed by atoms with Crippen LogP contribution in [0.15, 0.2) is 12.3 Å². The van der Waals surface area contributed by atoms with Gasteiger partial charge in [-0.1, -0.05) is 11.6 Å². The molecule has 0 saturated heterocycles. The van der Waals surface area contributed by atoms with E-state index >= 15 is 0 Å². The molecule has 2 rings (SSSR count). The Kier molecular flexibility index (Phi) is 3.01. The molecule has 4 nitrogen and oxygen atoms in total. The first-order chi connectivity index (χ1) is 7.58. The predicted molar refractivity (Wildman–Crippen MR) is 58.6 cm³/mol. The summed E-state index contributed by atoms with van der Waals surface area (Å²) in [6.07, 6.45) is 3.46. The van der Waals surface area contributed by atoms with Crippen LogP contribution in [-0.4, -0.2) is 21.2 Å². The Bertz CT molecular complexity index is 418. The molecule has 1 saturated carbocycles. The molecular formula is C11H12ClNO3. The van der Waals surface area contributed by atoms with E-state index in [4.69, 9.17) is 16.7 Å². The van der Waals surface area contributed by atoms with Crippen molar-refractivity contribution >= 4 is 17.6 Å². The highest BCUT2D eigenvalue weighted by Crippen LogP contribution is 2.46. The fourth-order valence-electron chi connectivity index (χ4n) is 1.94. The normalized spacial score (nSPS) is 17.1. The third-order valence-electron chi connectivity index (χ3n) is 2.86. The molecule has 1 atom stereocenters. The maximum atomic E-state index is 10.8. The number of aromatic hydroxyl groups is 1. The second-order valence-electron chi connectivity index (χ2n) is 4.11. The Labute approximate surface area is 97.9 Å². The Morgan fingerprint density at radius 2 is 2.31 bits per heavy atom. The number of carboxylic acid groups (broad SMARTS) is 1. The highest BCUT2D eigenvalue weighted by atomic mass is 35.5. The molecule has 1 aromatic heterocycles. The third kappa shape index (κ3) is 2.44. The van der Waals surface area contributed by atoms with Crippen molar-refractivity contribution in [2.24, 2.45) is 5.92 Å². The van der Waals surface area contributed by atoms with Crippen LogP contribution in [0, 0.1) is 5.92 Å². The summed E-state index contributed by atoms with van der Waals surface area (Å²) in [4.78, 5) is 14.4. The maximum absolute atomic E-state index is 10.8. The van der Waals surface area contributed by atoms with Crippen LogP contribution in [-0.2, 0) is 4.79 Å². The number of halogens is 1. The summed E-state index contributed by atoms with van der Waals surface area (Å²) < 4.78 is 0. The standard InChI is InChI=1S/C11H12ClNO3/c12-9-5-13-10(14)3-8(9)7(4-11(15)16)6-1-2-6/h3,5-7H,1-2,4H2,(H,13,14)(H,15,16). The number of hydrogen-bond donors (Lipinski definition) is 2. The largest absolute Gasteiger partial charge is 0.493 e. The summed E-state index contributed by atoms with van der Waals surface area (Å²) in [5.41, 5.74) is 0.694. The highest BCUT2D eigenvalue weighted by Gasteiger charge is 2.35. The van der Waals surface area contributed by atoms with Gasteiger partial charge in [0.2, 0.25) is 5.88 Å². The number of carbonyl (C=O) groups is 1. The molecule has 0 aliphatic heterocycles. The van der Waals surface area contributed by atoms with Crippen LogP contribution in [0.25, 0.3) is 0 Å². The van der Waals surface area contributed by atoms with E-state index in [1.54, 1.807) is 0 Å². The molecule has 1 fully saturated rings. The van der Waals surface area contributed by atoms with Crippen molar-refractivity contribution < 1.29 is 15.0 Å². The molecule has 1 aliphatic carbocycles. The van der Waals surface area contributed by atoms with Crippen molar-refractivity contribution in [2.75, 3.05) is 0 Å². The van der Waals surface area contributed by atoms with Crippen LogP contribution >= 0.6 is 11.6 Å². The summed E-state index contributed by atoms with van der Waals surface area (Å²) in [7, 11) is 0. The quantitative estimate of drug-likeness (QED) is 0.849. The molecule has 0 aromatic carbocycles. The summed E-state index contributed by atoms with van der Waals surface area (Å²) in [5.74, 6) is -0.700. The summed E-state index contributed by atoms with van der Waals surface area (Å²) in [6, 6.07) is 1.47. The number of carboxylic acids is 1. The number of aliphatic carboxylic acids is 1. The number of pyridine rings is 1. The summed E-state index contributed by atoms with van der Waals surface area (Å²) in [5, 5.41) is 18.6. The van der Waals surface area contributed by atoms with Crippen molar-refractivity contribution in [1.82, 2.24) is 4.98 Å². The van der Waals surface area contributed by atoms with Gasteiger partial charge in [0.25, 0.3) is 0 Å². The van der Waals surface area contributed by atoms with Gasteiger partial charge in [0.1, 0.15) is 0 Å². The van der Waals surface area contributed by atoms with E-state index < -0.39 is 5.97 Å². The second-order valence-corrected chi connectivity index (χ2v) is 4.51.